The van der Waals surface area contributed by atoms with E-state index in [1.807, 2.05) is 0 Å². The molecule has 0 spiro atoms. The van der Waals surface area contributed by atoms with E-state index in [9.17, 15) is 4.79 Å². The summed E-state index contributed by atoms with van der Waals surface area (Å²) in [5.41, 5.74) is 2.51. The molecule has 0 radical (unpaired) electrons. The lowest BCUT2D eigenvalue weighted by Gasteiger charge is -2.26. The Balaban J connectivity index is 0.00000169. The number of carbonyl (C=O) groups excluding carboxylic acids is 1. The van der Waals surface area contributed by atoms with Gasteiger partial charge in [0.1, 0.15) is 0 Å². The molecule has 2 N–H and O–H groups in total. The molecule has 0 saturated carbocycles. The molecule has 0 aliphatic carbocycles. The molecular formula is C19H31Cl2N3O2. The number of hydrogen-bond acceptors (Lipinski definition) is 4. The van der Waals surface area contributed by atoms with Crippen LogP contribution in [0.2, 0.25) is 0 Å². The van der Waals surface area contributed by atoms with Gasteiger partial charge in [0.15, 0.2) is 0 Å². The van der Waals surface area contributed by atoms with Crippen molar-refractivity contribution in [1.29, 1.82) is 0 Å². The Morgan fingerprint density at radius 2 is 1.81 bits per heavy atom. The van der Waals surface area contributed by atoms with Gasteiger partial charge in [0.2, 0.25) is 5.91 Å². The molecule has 1 atom stereocenters. The second-order valence-corrected chi connectivity index (χ2v) is 6.86. The maximum absolute atomic E-state index is 12.0. The smallest absolute Gasteiger partial charge is 0.221 e. The Morgan fingerprint density at radius 1 is 1.12 bits per heavy atom. The van der Waals surface area contributed by atoms with Crippen molar-refractivity contribution in [2.24, 2.45) is 0 Å². The quantitative estimate of drug-likeness (QED) is 0.765. The van der Waals surface area contributed by atoms with E-state index in [0.717, 1.165) is 25.3 Å². The van der Waals surface area contributed by atoms with Crippen molar-refractivity contribution in [2.75, 3.05) is 32.8 Å². The van der Waals surface area contributed by atoms with Crippen LogP contribution in [0.3, 0.4) is 0 Å². The maximum atomic E-state index is 12.0. The maximum Gasteiger partial charge on any atom is 0.221 e. The van der Waals surface area contributed by atoms with Gasteiger partial charge < -0.3 is 15.4 Å². The minimum absolute atomic E-state index is 0. The van der Waals surface area contributed by atoms with Crippen molar-refractivity contribution in [3.63, 3.8) is 0 Å². The van der Waals surface area contributed by atoms with Gasteiger partial charge >= 0.3 is 0 Å². The van der Waals surface area contributed by atoms with Gasteiger partial charge in [-0.05, 0) is 37.1 Å². The summed E-state index contributed by atoms with van der Waals surface area (Å²) in [5.74, 6) is 0.0791. The van der Waals surface area contributed by atoms with Crippen LogP contribution in [0.4, 0.5) is 0 Å². The molecule has 2 heterocycles. The largest absolute Gasteiger partial charge is 0.378 e. The van der Waals surface area contributed by atoms with Crippen molar-refractivity contribution < 1.29 is 9.53 Å². The van der Waals surface area contributed by atoms with Gasteiger partial charge in [-0.3, -0.25) is 9.69 Å². The summed E-state index contributed by atoms with van der Waals surface area (Å²) in [6.45, 7) is 6.26. The molecule has 7 heteroatoms. The Hall–Kier alpha value is -0.850. The van der Waals surface area contributed by atoms with Crippen LogP contribution in [0.15, 0.2) is 24.3 Å². The summed E-state index contributed by atoms with van der Waals surface area (Å²) in [5, 5.41) is 6.31. The summed E-state index contributed by atoms with van der Waals surface area (Å²) < 4.78 is 5.37. The van der Waals surface area contributed by atoms with E-state index in [4.69, 9.17) is 4.74 Å². The highest BCUT2D eigenvalue weighted by Gasteiger charge is 2.16. The van der Waals surface area contributed by atoms with Crippen LogP contribution in [-0.2, 0) is 22.6 Å². The molecular weight excluding hydrogens is 373 g/mol. The molecule has 3 rings (SSSR count). The molecule has 2 aliphatic heterocycles. The van der Waals surface area contributed by atoms with Gasteiger partial charge in [-0.2, -0.15) is 0 Å². The first-order valence-corrected chi connectivity index (χ1v) is 9.17. The minimum atomic E-state index is 0. The van der Waals surface area contributed by atoms with Crippen molar-refractivity contribution in [2.45, 2.75) is 44.8 Å². The van der Waals surface area contributed by atoms with E-state index in [0.29, 0.717) is 19.6 Å². The molecule has 2 saturated heterocycles. The molecule has 148 valence electrons. The van der Waals surface area contributed by atoms with Crippen LogP contribution < -0.4 is 10.6 Å². The standard InChI is InChI=1S/C19H29N3O2.2ClH/c23-19(12-18-15-24-11-8-20-18)21-13-16-4-6-17(7-5-16)14-22-9-2-1-3-10-22;;/h4-7,18,20H,1-3,8-15H2,(H,21,23);2*1H. The number of benzene rings is 1. The molecule has 26 heavy (non-hydrogen) atoms. The Kier molecular flexibility index (Phi) is 11.2. The second-order valence-electron chi connectivity index (χ2n) is 6.86. The summed E-state index contributed by atoms with van der Waals surface area (Å²) >= 11 is 0. The van der Waals surface area contributed by atoms with Crippen molar-refractivity contribution in [3.8, 4) is 0 Å². The predicted octanol–water partition coefficient (Wildman–Crippen LogP) is 2.51. The number of amides is 1. The molecule has 5 nitrogen and oxygen atoms in total. The topological polar surface area (TPSA) is 53.6 Å². The third-order valence-corrected chi connectivity index (χ3v) is 4.80. The molecule has 0 aromatic heterocycles. The number of nitrogens with zero attached hydrogens (tertiary/aromatic N) is 1. The van der Waals surface area contributed by atoms with Crippen molar-refractivity contribution >= 4 is 30.7 Å². The highest BCUT2D eigenvalue weighted by atomic mass is 35.5. The zero-order valence-corrected chi connectivity index (χ0v) is 16.9. The number of piperidine rings is 1. The zero-order valence-electron chi connectivity index (χ0n) is 15.2. The van der Waals surface area contributed by atoms with Gasteiger partial charge in [0.25, 0.3) is 0 Å². The Morgan fingerprint density at radius 3 is 2.46 bits per heavy atom. The van der Waals surface area contributed by atoms with Crippen LogP contribution in [-0.4, -0.2) is 49.7 Å². The Labute approximate surface area is 169 Å². The van der Waals surface area contributed by atoms with Crippen LogP contribution >= 0.6 is 24.8 Å². The molecule has 1 aromatic carbocycles. The second kappa shape index (κ2) is 12.5. The van der Waals surface area contributed by atoms with Crippen LogP contribution in [0.25, 0.3) is 0 Å². The van der Waals surface area contributed by atoms with Gasteiger partial charge in [-0.15, -0.1) is 24.8 Å². The van der Waals surface area contributed by atoms with Crippen LogP contribution in [0.5, 0.6) is 0 Å². The summed E-state index contributed by atoms with van der Waals surface area (Å²) in [6, 6.07) is 8.77. The third kappa shape index (κ3) is 7.80. The number of carbonyl (C=O) groups is 1. The van der Waals surface area contributed by atoms with Gasteiger partial charge in [0.05, 0.1) is 13.2 Å². The fraction of sp³-hybridized carbons (Fsp3) is 0.632. The van der Waals surface area contributed by atoms with E-state index in [-0.39, 0.29) is 36.8 Å². The number of morpholine rings is 1. The van der Waals surface area contributed by atoms with E-state index in [1.165, 1.54) is 37.9 Å². The van der Waals surface area contributed by atoms with E-state index in [1.54, 1.807) is 0 Å². The monoisotopic (exact) mass is 403 g/mol. The van der Waals surface area contributed by atoms with Gasteiger partial charge in [-0.1, -0.05) is 30.7 Å². The normalized spacial score (nSPS) is 20.5. The SMILES string of the molecule is Cl.Cl.O=C(CC1COCCN1)NCc1ccc(CN2CCCCC2)cc1. The van der Waals surface area contributed by atoms with E-state index < -0.39 is 0 Å². The highest BCUT2D eigenvalue weighted by Crippen LogP contribution is 2.13. The average Bonchev–Trinajstić information content (AvgIpc) is 2.63. The lowest BCUT2D eigenvalue weighted by atomic mass is 10.1. The molecule has 2 fully saturated rings. The first-order chi connectivity index (χ1) is 11.8. The van der Waals surface area contributed by atoms with E-state index in [2.05, 4.69) is 39.8 Å². The predicted molar refractivity (Wildman–Crippen MR) is 109 cm³/mol. The number of likely N-dealkylation sites (tertiary alicyclic amines) is 1. The Bertz CT molecular complexity index is 516. The number of halogens is 2. The van der Waals surface area contributed by atoms with Crippen molar-refractivity contribution in [3.05, 3.63) is 35.4 Å². The van der Waals surface area contributed by atoms with Crippen molar-refractivity contribution in [1.82, 2.24) is 15.5 Å². The average molecular weight is 404 g/mol. The van der Waals surface area contributed by atoms with Crippen LogP contribution in [0.1, 0.15) is 36.8 Å². The lowest BCUT2D eigenvalue weighted by molar-refractivity contribution is -0.122. The molecule has 2 aliphatic rings. The van der Waals surface area contributed by atoms with Gasteiger partial charge in [0, 0.05) is 32.1 Å². The lowest BCUT2D eigenvalue weighted by Crippen LogP contribution is -2.44. The zero-order chi connectivity index (χ0) is 16.6. The van der Waals surface area contributed by atoms with Gasteiger partial charge in [-0.25, -0.2) is 0 Å². The molecule has 0 bridgehead atoms. The number of rotatable bonds is 6. The van der Waals surface area contributed by atoms with E-state index >= 15 is 0 Å². The third-order valence-electron chi connectivity index (χ3n) is 4.80. The summed E-state index contributed by atoms with van der Waals surface area (Å²) in [4.78, 5) is 14.5. The molecule has 1 unspecified atom stereocenters. The first kappa shape index (κ1) is 23.2. The number of hydrogen-bond donors (Lipinski definition) is 2. The number of ether oxygens (including phenoxy) is 1. The molecule has 1 amide bonds. The van der Waals surface area contributed by atoms with Crippen LogP contribution in [0, 0.1) is 0 Å². The number of nitrogens with one attached hydrogen (secondary N) is 2. The fourth-order valence-corrected chi connectivity index (χ4v) is 3.39. The minimum Gasteiger partial charge on any atom is -0.378 e. The summed E-state index contributed by atoms with van der Waals surface area (Å²) in [7, 11) is 0. The fourth-order valence-electron chi connectivity index (χ4n) is 3.39. The summed E-state index contributed by atoms with van der Waals surface area (Å²) in [6.07, 6.45) is 4.50. The highest BCUT2D eigenvalue weighted by molar-refractivity contribution is 5.85. The first-order valence-electron chi connectivity index (χ1n) is 9.17. The molecule has 1 aromatic rings.